The van der Waals surface area contributed by atoms with Crippen molar-refractivity contribution in [3.8, 4) is 0 Å². The number of nitrogens with one attached hydrogen (secondary N) is 3. The van der Waals surface area contributed by atoms with Gasteiger partial charge in [-0.3, -0.25) is 9.59 Å². The van der Waals surface area contributed by atoms with Crippen molar-refractivity contribution in [2.45, 2.75) is 65.7 Å². The number of hydrogen-bond acceptors (Lipinski definition) is 6. The molecule has 4 aromatic rings. The van der Waals surface area contributed by atoms with Crippen molar-refractivity contribution in [2.75, 3.05) is 18.5 Å². The largest absolute Gasteiger partial charge is 0.381 e. The number of aryl methyl sites for hydroxylation is 2. The average molecular weight is 564 g/mol. The van der Waals surface area contributed by atoms with E-state index in [4.69, 9.17) is 17.6 Å². The number of carbonyl (C=O) groups is 2. The highest BCUT2D eigenvalue weighted by Gasteiger charge is 2.22. The normalized spacial score (nSPS) is 13.7. The Labute approximate surface area is 247 Å². The number of pyridine rings is 1. The van der Waals surface area contributed by atoms with Gasteiger partial charge in [-0.1, -0.05) is 42.2 Å². The zero-order valence-electron chi connectivity index (χ0n) is 24.5. The van der Waals surface area contributed by atoms with Gasteiger partial charge in [0.1, 0.15) is 7.85 Å². The van der Waals surface area contributed by atoms with Crippen LogP contribution in [0.25, 0.3) is 11.0 Å². The molecule has 2 aromatic heterocycles. The van der Waals surface area contributed by atoms with Crippen molar-refractivity contribution in [3.05, 3.63) is 82.2 Å². The molecule has 0 aliphatic carbocycles. The molecule has 1 aliphatic heterocycles. The Balaban J connectivity index is 1.34. The highest BCUT2D eigenvalue weighted by molar-refractivity contribution is 6.33. The second-order valence-electron chi connectivity index (χ2n) is 10.6. The Morgan fingerprint density at radius 2 is 1.71 bits per heavy atom. The molecule has 3 heterocycles. The molecule has 216 valence electrons. The molecular formula is C32H37BN6O3. The highest BCUT2D eigenvalue weighted by atomic mass is 16.5. The van der Waals surface area contributed by atoms with E-state index in [9.17, 15) is 9.59 Å². The van der Waals surface area contributed by atoms with Crippen LogP contribution < -0.4 is 21.4 Å². The van der Waals surface area contributed by atoms with Gasteiger partial charge in [0.05, 0.1) is 17.3 Å². The standard InChI is InChI=1S/C32H37BN6O3/c1-4-28-25(29(37-24-12-14-42-15-13-24)26-19-36-39(5-2)30(26)38-28)18-35-32(41)22-9-6-8-21(16-22)31(40)34-17-23-10-7-11-27(33)20(23)3/h6-11,16,19,24H,4-5,12-15,17-18H2,1-3H3,(H,34,40)(H,35,41)(H,37,38). The molecule has 9 nitrogen and oxygen atoms in total. The van der Waals surface area contributed by atoms with Crippen LogP contribution >= 0.6 is 0 Å². The lowest BCUT2D eigenvalue weighted by molar-refractivity contribution is 0.0904. The predicted octanol–water partition coefficient (Wildman–Crippen LogP) is 3.57. The summed E-state index contributed by atoms with van der Waals surface area (Å²) in [6, 6.07) is 12.7. The van der Waals surface area contributed by atoms with Crippen molar-refractivity contribution in [1.29, 1.82) is 0 Å². The molecule has 2 aromatic carbocycles. The second-order valence-corrected chi connectivity index (χ2v) is 10.6. The molecule has 0 unspecified atom stereocenters. The quantitative estimate of drug-likeness (QED) is 0.254. The Morgan fingerprint density at radius 3 is 2.40 bits per heavy atom. The van der Waals surface area contributed by atoms with Gasteiger partial charge in [0.2, 0.25) is 0 Å². The molecule has 1 aliphatic rings. The molecule has 2 radical (unpaired) electrons. The lowest BCUT2D eigenvalue weighted by Crippen LogP contribution is -2.30. The maximum atomic E-state index is 13.3. The highest BCUT2D eigenvalue weighted by Crippen LogP contribution is 2.31. The summed E-state index contributed by atoms with van der Waals surface area (Å²) in [5.74, 6) is -0.523. The molecular weight excluding hydrogens is 527 g/mol. The van der Waals surface area contributed by atoms with E-state index < -0.39 is 0 Å². The van der Waals surface area contributed by atoms with Gasteiger partial charge in [-0.15, -0.1) is 0 Å². The summed E-state index contributed by atoms with van der Waals surface area (Å²) in [4.78, 5) is 31.2. The summed E-state index contributed by atoms with van der Waals surface area (Å²) >= 11 is 0. The minimum atomic E-state index is -0.264. The Hall–Kier alpha value is -4.18. The molecule has 1 fully saturated rings. The van der Waals surface area contributed by atoms with Crippen LogP contribution in [0.15, 0.2) is 48.7 Å². The van der Waals surface area contributed by atoms with Gasteiger partial charge in [-0.2, -0.15) is 5.10 Å². The van der Waals surface area contributed by atoms with Crippen LogP contribution in [0, 0.1) is 6.92 Å². The third kappa shape index (κ3) is 6.33. The van der Waals surface area contributed by atoms with Gasteiger partial charge < -0.3 is 20.7 Å². The minimum Gasteiger partial charge on any atom is -0.381 e. The molecule has 0 bridgehead atoms. The number of anilines is 1. The van der Waals surface area contributed by atoms with Gasteiger partial charge in [-0.05, 0) is 56.9 Å². The van der Waals surface area contributed by atoms with Gasteiger partial charge in [0.15, 0.2) is 5.65 Å². The maximum Gasteiger partial charge on any atom is 0.251 e. The number of carbonyl (C=O) groups excluding carboxylic acids is 2. The first-order chi connectivity index (χ1) is 20.4. The molecule has 2 amide bonds. The second kappa shape index (κ2) is 13.2. The van der Waals surface area contributed by atoms with E-state index in [1.165, 1.54) is 0 Å². The van der Waals surface area contributed by atoms with E-state index in [1.54, 1.807) is 24.3 Å². The summed E-state index contributed by atoms with van der Waals surface area (Å²) in [7, 11) is 6.00. The molecule has 5 rings (SSSR count). The Bertz CT molecular complexity index is 1590. The van der Waals surface area contributed by atoms with E-state index in [1.807, 2.05) is 42.9 Å². The van der Waals surface area contributed by atoms with Crippen LogP contribution in [-0.2, 0) is 30.8 Å². The van der Waals surface area contributed by atoms with Crippen LogP contribution in [0.1, 0.15) is 69.8 Å². The van der Waals surface area contributed by atoms with Crippen molar-refractivity contribution >= 4 is 41.8 Å². The molecule has 0 spiro atoms. The van der Waals surface area contributed by atoms with Crippen LogP contribution in [0.4, 0.5) is 5.69 Å². The summed E-state index contributed by atoms with van der Waals surface area (Å²) in [5.41, 5.74) is 7.07. The summed E-state index contributed by atoms with van der Waals surface area (Å²) < 4.78 is 7.46. The first kappa shape index (κ1) is 29.3. The minimum absolute atomic E-state index is 0.259. The smallest absolute Gasteiger partial charge is 0.251 e. The van der Waals surface area contributed by atoms with E-state index in [0.29, 0.717) is 36.1 Å². The lowest BCUT2D eigenvalue weighted by atomic mass is 9.88. The fourth-order valence-corrected chi connectivity index (χ4v) is 5.35. The molecule has 3 N–H and O–H groups in total. The van der Waals surface area contributed by atoms with E-state index in [-0.39, 0.29) is 17.9 Å². The van der Waals surface area contributed by atoms with Crippen LogP contribution in [-0.4, -0.2) is 53.7 Å². The van der Waals surface area contributed by atoms with Crippen molar-refractivity contribution in [3.63, 3.8) is 0 Å². The van der Waals surface area contributed by atoms with Crippen molar-refractivity contribution in [2.24, 2.45) is 0 Å². The Morgan fingerprint density at radius 1 is 1.02 bits per heavy atom. The molecule has 10 heteroatoms. The van der Waals surface area contributed by atoms with Gasteiger partial charge in [0.25, 0.3) is 11.8 Å². The number of fused-ring (bicyclic) bond motifs is 1. The molecule has 42 heavy (non-hydrogen) atoms. The summed E-state index contributed by atoms with van der Waals surface area (Å²) in [6.07, 6.45) is 4.38. The van der Waals surface area contributed by atoms with Crippen molar-refractivity contribution in [1.82, 2.24) is 25.4 Å². The number of aromatic nitrogens is 3. The van der Waals surface area contributed by atoms with E-state index >= 15 is 0 Å². The Kier molecular flexibility index (Phi) is 9.22. The average Bonchev–Trinajstić information content (AvgIpc) is 3.44. The zero-order valence-corrected chi connectivity index (χ0v) is 24.5. The number of rotatable bonds is 10. The predicted molar refractivity (Wildman–Crippen MR) is 165 cm³/mol. The van der Waals surface area contributed by atoms with Gasteiger partial charge in [-0.25, -0.2) is 9.67 Å². The maximum absolute atomic E-state index is 13.3. The van der Waals surface area contributed by atoms with Gasteiger partial charge >= 0.3 is 0 Å². The molecule has 1 saturated heterocycles. The van der Waals surface area contributed by atoms with E-state index in [2.05, 4.69) is 28.0 Å². The number of hydrogen-bond donors (Lipinski definition) is 3. The third-order valence-corrected chi connectivity index (χ3v) is 7.92. The summed E-state index contributed by atoms with van der Waals surface area (Å²) in [6.45, 7) is 8.84. The van der Waals surface area contributed by atoms with Crippen LogP contribution in [0.3, 0.4) is 0 Å². The SMILES string of the molecule is [B]c1cccc(CNC(=O)c2cccc(C(=O)NCc3c(CC)nc4c(cnn4CC)c3NC3CCOCC3)c2)c1C. The first-order valence-electron chi connectivity index (χ1n) is 14.6. The van der Waals surface area contributed by atoms with Crippen molar-refractivity contribution < 1.29 is 14.3 Å². The number of amides is 2. The first-order valence-corrected chi connectivity index (χ1v) is 14.6. The molecule has 0 saturated carbocycles. The van der Waals surface area contributed by atoms with Crippen LogP contribution in [0.5, 0.6) is 0 Å². The lowest BCUT2D eigenvalue weighted by Gasteiger charge is -2.26. The third-order valence-electron chi connectivity index (χ3n) is 7.92. The monoisotopic (exact) mass is 564 g/mol. The van der Waals surface area contributed by atoms with E-state index in [0.717, 1.165) is 71.7 Å². The van der Waals surface area contributed by atoms with Crippen LogP contribution in [0.2, 0.25) is 0 Å². The molecule has 0 atom stereocenters. The number of ether oxygens (including phenoxy) is 1. The number of benzene rings is 2. The van der Waals surface area contributed by atoms with Gasteiger partial charge in [0, 0.05) is 61.3 Å². The fraction of sp³-hybridized carbons (Fsp3) is 0.375. The topological polar surface area (TPSA) is 110 Å². The fourth-order valence-electron chi connectivity index (χ4n) is 5.35. The summed E-state index contributed by atoms with van der Waals surface area (Å²) in [5, 5.41) is 15.2. The zero-order chi connectivity index (χ0) is 29.6. The number of nitrogens with zero attached hydrogens (tertiary/aromatic N) is 3.